The van der Waals surface area contributed by atoms with Gasteiger partial charge in [-0.15, -0.1) is 0 Å². The van der Waals surface area contributed by atoms with Crippen LogP contribution in [0.3, 0.4) is 0 Å². The maximum atomic E-state index is 5.46. The molecule has 0 aromatic heterocycles. The van der Waals surface area contributed by atoms with Gasteiger partial charge in [-0.1, -0.05) is 45.2 Å². The normalized spacial score (nSPS) is 11.5. The van der Waals surface area contributed by atoms with Gasteiger partial charge >= 0.3 is 0 Å². The summed E-state index contributed by atoms with van der Waals surface area (Å²) in [6.45, 7) is 12.6. The lowest BCUT2D eigenvalue weighted by molar-refractivity contribution is -0.0272. The predicted molar refractivity (Wildman–Crippen MR) is 157 cm³/mol. The molecule has 0 aliphatic carbocycles. The summed E-state index contributed by atoms with van der Waals surface area (Å²) in [6, 6.07) is 0. The van der Waals surface area contributed by atoms with Gasteiger partial charge in [0.05, 0.1) is 145 Å². The van der Waals surface area contributed by atoms with Crippen molar-refractivity contribution in [1.29, 1.82) is 0 Å². The molecule has 0 aliphatic heterocycles. The minimum absolute atomic E-state index is 0.526. The van der Waals surface area contributed by atoms with E-state index < -0.39 is 0 Å². The first-order chi connectivity index (χ1) is 18.4. The second-order valence-electron chi connectivity index (χ2n) is 7.11. The number of rotatable bonds is 34. The van der Waals surface area contributed by atoms with E-state index in [4.69, 9.17) is 52.1 Å². The first-order valence-electron chi connectivity index (χ1n) is 12.9. The van der Waals surface area contributed by atoms with Crippen LogP contribution in [-0.4, -0.2) is 154 Å². The maximum absolute atomic E-state index is 5.46. The molecule has 0 fully saturated rings. The Morgan fingerprint density at radius 3 is 0.405 bits per heavy atom. The lowest BCUT2D eigenvalue weighted by Crippen LogP contribution is -2.15. The van der Waals surface area contributed by atoms with E-state index in [1.807, 2.05) is 0 Å². The molecular weight excluding hydrogens is 718 g/mol. The van der Waals surface area contributed by atoms with Crippen molar-refractivity contribution in [2.24, 2.45) is 0 Å². The summed E-state index contributed by atoms with van der Waals surface area (Å²) in [5.41, 5.74) is 0. The summed E-state index contributed by atoms with van der Waals surface area (Å²) in [5, 5.41) is 0. The monoisotopic (exact) mass is 766 g/mol. The first-order valence-corrected chi connectivity index (χ1v) is 15.9. The lowest BCUT2D eigenvalue weighted by atomic mass is 10.6. The van der Waals surface area contributed by atoms with E-state index in [2.05, 4.69) is 45.2 Å². The highest BCUT2D eigenvalue weighted by atomic mass is 127. The molecular formula is C24H48I2O11. The van der Waals surface area contributed by atoms with E-state index in [-0.39, 0.29) is 0 Å². The molecule has 0 spiro atoms. The van der Waals surface area contributed by atoms with Crippen LogP contribution >= 0.6 is 45.2 Å². The van der Waals surface area contributed by atoms with Crippen molar-refractivity contribution in [3.05, 3.63) is 0 Å². The zero-order valence-corrected chi connectivity index (χ0v) is 26.5. The summed E-state index contributed by atoms with van der Waals surface area (Å²) >= 11 is 4.56. The Hall–Kier alpha value is 1.02. The molecule has 0 aliphatic rings. The van der Waals surface area contributed by atoms with Crippen molar-refractivity contribution in [2.45, 2.75) is 0 Å². The zero-order chi connectivity index (χ0) is 26.7. The van der Waals surface area contributed by atoms with E-state index in [9.17, 15) is 0 Å². The molecule has 0 N–H and O–H groups in total. The Morgan fingerprint density at radius 2 is 0.297 bits per heavy atom. The quantitative estimate of drug-likeness (QED) is 0.0547. The molecule has 0 heterocycles. The Morgan fingerprint density at radius 1 is 0.189 bits per heavy atom. The van der Waals surface area contributed by atoms with E-state index >= 15 is 0 Å². The van der Waals surface area contributed by atoms with Crippen LogP contribution in [0.2, 0.25) is 0 Å². The van der Waals surface area contributed by atoms with E-state index in [1.54, 1.807) is 0 Å². The molecule has 224 valence electrons. The fourth-order valence-electron chi connectivity index (χ4n) is 2.41. The molecule has 0 saturated carbocycles. The topological polar surface area (TPSA) is 102 Å². The molecule has 11 nitrogen and oxygen atoms in total. The van der Waals surface area contributed by atoms with Gasteiger partial charge in [-0.05, 0) is 0 Å². The smallest absolute Gasteiger partial charge is 0.0701 e. The Labute approximate surface area is 250 Å². The molecule has 13 heteroatoms. The van der Waals surface area contributed by atoms with E-state index in [0.717, 1.165) is 22.1 Å². The molecule has 0 atom stereocenters. The molecule has 0 saturated heterocycles. The molecule has 0 rings (SSSR count). The van der Waals surface area contributed by atoms with E-state index in [1.165, 1.54) is 0 Å². The SMILES string of the molecule is ICCOCCOCCOCCOCCOCCOCCOCCOCCOCCOCCOCCI. The summed E-state index contributed by atoms with van der Waals surface area (Å²) in [7, 11) is 0. The van der Waals surface area contributed by atoms with Crippen LogP contribution in [0.25, 0.3) is 0 Å². The standard InChI is InChI=1S/C24H48I2O11/c25-1-3-27-5-7-29-9-11-31-13-15-33-17-19-35-21-23-37-24-22-36-20-18-34-16-14-32-12-10-30-8-6-28-4-2-26/h1-24H2. The van der Waals surface area contributed by atoms with Crippen LogP contribution in [0.1, 0.15) is 0 Å². The second kappa shape index (κ2) is 37.0. The van der Waals surface area contributed by atoms with Crippen LogP contribution in [0.5, 0.6) is 0 Å². The third-order valence-corrected chi connectivity index (χ3v) is 5.04. The van der Waals surface area contributed by atoms with Gasteiger partial charge in [0, 0.05) is 8.86 Å². The largest absolute Gasteiger partial charge is 0.378 e. The minimum Gasteiger partial charge on any atom is -0.378 e. The zero-order valence-electron chi connectivity index (χ0n) is 22.2. The van der Waals surface area contributed by atoms with Gasteiger partial charge in [0.1, 0.15) is 0 Å². The van der Waals surface area contributed by atoms with Gasteiger partial charge in [-0.25, -0.2) is 0 Å². The third-order valence-electron chi connectivity index (χ3n) is 4.16. The summed E-state index contributed by atoms with van der Waals surface area (Å²) < 4.78 is 61.5. The Balaban J connectivity index is 3.00. The van der Waals surface area contributed by atoms with Crippen molar-refractivity contribution in [3.8, 4) is 0 Å². The first kappa shape index (κ1) is 38.0. The van der Waals surface area contributed by atoms with Crippen molar-refractivity contribution in [3.63, 3.8) is 0 Å². The Kier molecular flexibility index (Phi) is 38.0. The van der Waals surface area contributed by atoms with Crippen LogP contribution < -0.4 is 0 Å². The van der Waals surface area contributed by atoms with Crippen LogP contribution in [0.15, 0.2) is 0 Å². The number of ether oxygens (including phenoxy) is 11. The average molecular weight is 766 g/mol. The third kappa shape index (κ3) is 37.0. The number of hydrogen-bond acceptors (Lipinski definition) is 11. The van der Waals surface area contributed by atoms with Crippen molar-refractivity contribution in [2.75, 3.05) is 154 Å². The second-order valence-corrected chi connectivity index (χ2v) is 9.27. The number of alkyl halides is 2. The van der Waals surface area contributed by atoms with Crippen LogP contribution in [-0.2, 0) is 52.1 Å². The van der Waals surface area contributed by atoms with Crippen LogP contribution in [0.4, 0.5) is 0 Å². The lowest BCUT2D eigenvalue weighted by Gasteiger charge is -2.09. The highest BCUT2D eigenvalue weighted by molar-refractivity contribution is 14.1. The average Bonchev–Trinajstić information content (AvgIpc) is 2.91. The maximum Gasteiger partial charge on any atom is 0.0701 e. The molecule has 0 aromatic rings. The fourth-order valence-corrected chi connectivity index (χ4v) is 3.03. The van der Waals surface area contributed by atoms with E-state index in [0.29, 0.717) is 132 Å². The summed E-state index contributed by atoms with van der Waals surface area (Å²) in [5.74, 6) is 0. The van der Waals surface area contributed by atoms with Crippen molar-refractivity contribution in [1.82, 2.24) is 0 Å². The molecule has 0 amide bonds. The molecule has 0 unspecified atom stereocenters. The van der Waals surface area contributed by atoms with Crippen molar-refractivity contribution >= 4 is 45.2 Å². The van der Waals surface area contributed by atoms with Gasteiger partial charge in [0.25, 0.3) is 0 Å². The molecule has 0 bridgehead atoms. The highest BCUT2D eigenvalue weighted by Crippen LogP contribution is 1.88. The van der Waals surface area contributed by atoms with Crippen molar-refractivity contribution < 1.29 is 52.1 Å². The minimum atomic E-state index is 0.526. The Bertz CT molecular complexity index is 368. The van der Waals surface area contributed by atoms with Gasteiger partial charge in [-0.3, -0.25) is 0 Å². The summed E-state index contributed by atoms with van der Waals surface area (Å²) in [6.07, 6.45) is 0. The molecule has 0 aromatic carbocycles. The van der Waals surface area contributed by atoms with Gasteiger partial charge in [-0.2, -0.15) is 0 Å². The number of halogens is 2. The summed E-state index contributed by atoms with van der Waals surface area (Å²) in [4.78, 5) is 0. The molecule has 37 heavy (non-hydrogen) atoms. The predicted octanol–water partition coefficient (Wildman–Crippen LogP) is 2.04. The number of hydrogen-bond donors (Lipinski definition) is 0. The fraction of sp³-hybridized carbons (Fsp3) is 1.00. The molecule has 0 radical (unpaired) electrons. The van der Waals surface area contributed by atoms with Gasteiger partial charge in [0.15, 0.2) is 0 Å². The van der Waals surface area contributed by atoms with Crippen LogP contribution in [0, 0.1) is 0 Å². The highest BCUT2D eigenvalue weighted by Gasteiger charge is 1.96. The van der Waals surface area contributed by atoms with Gasteiger partial charge in [0.2, 0.25) is 0 Å². The van der Waals surface area contributed by atoms with Gasteiger partial charge < -0.3 is 52.1 Å².